The molecule has 17 heavy (non-hydrogen) atoms. The fraction of sp³-hybridized carbons (Fsp3) is 0.692. The van der Waals surface area contributed by atoms with E-state index < -0.39 is 0 Å². The second kappa shape index (κ2) is 5.21. The van der Waals surface area contributed by atoms with Crippen LogP contribution >= 0.6 is 11.6 Å². The number of rotatable bonds is 2. The zero-order valence-corrected chi connectivity index (χ0v) is 11.4. The van der Waals surface area contributed by atoms with Gasteiger partial charge in [0.05, 0.1) is 11.4 Å². The lowest BCUT2D eigenvalue weighted by Crippen LogP contribution is -2.28. The minimum atomic E-state index is 0.234. The summed E-state index contributed by atoms with van der Waals surface area (Å²) in [6.45, 7) is 6.06. The van der Waals surface area contributed by atoms with Gasteiger partial charge in [-0.05, 0) is 39.0 Å². The fourth-order valence-corrected chi connectivity index (χ4v) is 2.44. The van der Waals surface area contributed by atoms with Crippen LogP contribution in [0, 0.1) is 19.8 Å². The molecule has 1 heterocycles. The molecule has 1 saturated carbocycles. The van der Waals surface area contributed by atoms with E-state index in [9.17, 15) is 0 Å². The standard InChI is InChI=1S/C13H19ClN2O/c1-8-6-4-5-7-11(8)17-13-12(14)15-9(2)10(3)16-13/h8,11H,4-7H2,1-3H3. The van der Waals surface area contributed by atoms with Gasteiger partial charge in [0.15, 0.2) is 5.15 Å². The van der Waals surface area contributed by atoms with Crippen molar-refractivity contribution in [2.24, 2.45) is 5.92 Å². The maximum Gasteiger partial charge on any atom is 0.252 e. The van der Waals surface area contributed by atoms with Crippen LogP contribution in [0.25, 0.3) is 0 Å². The Kier molecular flexibility index (Phi) is 3.87. The molecule has 1 fully saturated rings. The number of halogens is 1. The molecule has 0 spiro atoms. The van der Waals surface area contributed by atoms with Crippen molar-refractivity contribution in [3.63, 3.8) is 0 Å². The van der Waals surface area contributed by atoms with Gasteiger partial charge in [0.25, 0.3) is 5.88 Å². The Morgan fingerprint density at radius 3 is 2.47 bits per heavy atom. The molecule has 0 aromatic carbocycles. The Labute approximate surface area is 108 Å². The van der Waals surface area contributed by atoms with Crippen molar-refractivity contribution in [1.29, 1.82) is 0 Å². The largest absolute Gasteiger partial charge is 0.472 e. The van der Waals surface area contributed by atoms with Crippen molar-refractivity contribution < 1.29 is 4.74 Å². The molecule has 0 amide bonds. The van der Waals surface area contributed by atoms with Crippen LogP contribution in [0.2, 0.25) is 5.15 Å². The molecule has 94 valence electrons. The first-order chi connectivity index (χ1) is 8.08. The number of nitrogens with zero attached hydrogens (tertiary/aromatic N) is 2. The van der Waals surface area contributed by atoms with E-state index in [0.29, 0.717) is 17.0 Å². The molecule has 0 N–H and O–H groups in total. The number of aryl methyl sites for hydroxylation is 2. The predicted molar refractivity (Wildman–Crippen MR) is 68.6 cm³/mol. The first-order valence-electron chi connectivity index (χ1n) is 6.25. The van der Waals surface area contributed by atoms with Gasteiger partial charge in [0.2, 0.25) is 0 Å². The molecule has 0 saturated heterocycles. The molecule has 1 aliphatic carbocycles. The van der Waals surface area contributed by atoms with Gasteiger partial charge in [-0.2, -0.15) is 0 Å². The number of aromatic nitrogens is 2. The normalized spacial score (nSPS) is 24.7. The Bertz CT molecular complexity index is 409. The van der Waals surface area contributed by atoms with E-state index in [0.717, 1.165) is 17.8 Å². The van der Waals surface area contributed by atoms with Crippen molar-refractivity contribution >= 4 is 11.6 Å². The highest BCUT2D eigenvalue weighted by Gasteiger charge is 2.24. The summed E-state index contributed by atoms with van der Waals surface area (Å²) in [5, 5.41) is 0.380. The highest BCUT2D eigenvalue weighted by Crippen LogP contribution is 2.30. The molecule has 1 aromatic heterocycles. The van der Waals surface area contributed by atoms with E-state index in [1.54, 1.807) is 0 Å². The monoisotopic (exact) mass is 254 g/mol. The molecule has 1 aromatic rings. The molecule has 0 aliphatic heterocycles. The summed E-state index contributed by atoms with van der Waals surface area (Å²) in [5.74, 6) is 1.07. The maximum atomic E-state index is 6.07. The molecule has 2 rings (SSSR count). The lowest BCUT2D eigenvalue weighted by molar-refractivity contribution is 0.0970. The minimum absolute atomic E-state index is 0.234. The molecule has 2 atom stereocenters. The van der Waals surface area contributed by atoms with Crippen molar-refractivity contribution in [2.75, 3.05) is 0 Å². The Morgan fingerprint density at radius 2 is 1.76 bits per heavy atom. The molecular weight excluding hydrogens is 236 g/mol. The second-order valence-electron chi connectivity index (χ2n) is 4.91. The summed E-state index contributed by atoms with van der Waals surface area (Å²) in [7, 11) is 0. The molecule has 3 nitrogen and oxygen atoms in total. The van der Waals surface area contributed by atoms with Crippen LogP contribution in [-0.4, -0.2) is 16.1 Å². The van der Waals surface area contributed by atoms with Crippen LogP contribution in [-0.2, 0) is 0 Å². The second-order valence-corrected chi connectivity index (χ2v) is 5.27. The van der Waals surface area contributed by atoms with Crippen LogP contribution in [0.5, 0.6) is 5.88 Å². The third-order valence-corrected chi connectivity index (χ3v) is 3.78. The van der Waals surface area contributed by atoms with Crippen molar-refractivity contribution in [1.82, 2.24) is 9.97 Å². The molecule has 0 bridgehead atoms. The predicted octanol–water partition coefficient (Wildman–Crippen LogP) is 3.70. The van der Waals surface area contributed by atoms with Crippen LogP contribution in [0.4, 0.5) is 0 Å². The zero-order chi connectivity index (χ0) is 12.4. The van der Waals surface area contributed by atoms with Gasteiger partial charge in [-0.25, -0.2) is 9.97 Å². The van der Waals surface area contributed by atoms with Gasteiger partial charge < -0.3 is 4.74 Å². The smallest absolute Gasteiger partial charge is 0.252 e. The lowest BCUT2D eigenvalue weighted by atomic mass is 9.88. The summed E-state index contributed by atoms with van der Waals surface area (Å²) in [6.07, 6.45) is 5.07. The van der Waals surface area contributed by atoms with Gasteiger partial charge in [0.1, 0.15) is 6.10 Å². The minimum Gasteiger partial charge on any atom is -0.472 e. The van der Waals surface area contributed by atoms with Crippen molar-refractivity contribution in [3.05, 3.63) is 16.5 Å². The summed E-state index contributed by atoms with van der Waals surface area (Å²) in [5.41, 5.74) is 1.74. The van der Waals surface area contributed by atoms with Crippen LogP contribution in [0.15, 0.2) is 0 Å². The van der Waals surface area contributed by atoms with Gasteiger partial charge in [0, 0.05) is 0 Å². The van der Waals surface area contributed by atoms with E-state index in [1.165, 1.54) is 19.3 Å². The summed E-state index contributed by atoms with van der Waals surface area (Å²) >= 11 is 6.07. The van der Waals surface area contributed by atoms with Crippen molar-refractivity contribution in [2.45, 2.75) is 52.6 Å². The average molecular weight is 255 g/mol. The lowest BCUT2D eigenvalue weighted by Gasteiger charge is -2.29. The van der Waals surface area contributed by atoms with Crippen LogP contribution < -0.4 is 4.74 Å². The van der Waals surface area contributed by atoms with E-state index in [2.05, 4.69) is 16.9 Å². The van der Waals surface area contributed by atoms with Gasteiger partial charge in [-0.15, -0.1) is 0 Å². The van der Waals surface area contributed by atoms with E-state index in [1.807, 2.05) is 13.8 Å². The highest BCUT2D eigenvalue weighted by molar-refractivity contribution is 6.30. The third-order valence-electron chi connectivity index (χ3n) is 3.53. The summed E-state index contributed by atoms with van der Waals surface area (Å²) < 4.78 is 5.93. The number of hydrogen-bond acceptors (Lipinski definition) is 3. The van der Waals surface area contributed by atoms with Crippen LogP contribution in [0.1, 0.15) is 44.0 Å². The first-order valence-corrected chi connectivity index (χ1v) is 6.63. The molecule has 2 unspecified atom stereocenters. The maximum absolute atomic E-state index is 6.07. The van der Waals surface area contributed by atoms with Gasteiger partial charge >= 0.3 is 0 Å². The Morgan fingerprint density at radius 1 is 1.12 bits per heavy atom. The molecule has 4 heteroatoms. The van der Waals surface area contributed by atoms with Gasteiger partial charge in [-0.3, -0.25) is 0 Å². The first kappa shape index (κ1) is 12.6. The van der Waals surface area contributed by atoms with E-state index in [-0.39, 0.29) is 6.10 Å². The summed E-state index contributed by atoms with van der Waals surface area (Å²) in [6, 6.07) is 0. The van der Waals surface area contributed by atoms with Crippen molar-refractivity contribution in [3.8, 4) is 5.88 Å². The summed E-state index contributed by atoms with van der Waals surface area (Å²) in [4.78, 5) is 8.63. The zero-order valence-electron chi connectivity index (χ0n) is 10.7. The SMILES string of the molecule is Cc1nc(Cl)c(OC2CCCCC2C)nc1C. The topological polar surface area (TPSA) is 35.0 Å². The Hall–Kier alpha value is -0.830. The van der Waals surface area contributed by atoms with Gasteiger partial charge in [-0.1, -0.05) is 24.9 Å². The third kappa shape index (κ3) is 2.89. The van der Waals surface area contributed by atoms with E-state index >= 15 is 0 Å². The van der Waals surface area contributed by atoms with Crippen LogP contribution in [0.3, 0.4) is 0 Å². The quantitative estimate of drug-likeness (QED) is 0.807. The van der Waals surface area contributed by atoms with E-state index in [4.69, 9.17) is 16.3 Å². The molecular formula is C13H19ClN2O. The Balaban J connectivity index is 2.15. The average Bonchev–Trinajstić information content (AvgIpc) is 2.29. The number of hydrogen-bond donors (Lipinski definition) is 0. The molecule has 1 aliphatic rings. The number of ether oxygens (including phenoxy) is 1. The molecule has 0 radical (unpaired) electrons. The fourth-order valence-electron chi connectivity index (χ4n) is 2.23. The highest BCUT2D eigenvalue weighted by atomic mass is 35.5.